The van der Waals surface area contributed by atoms with Crippen molar-refractivity contribution in [2.24, 2.45) is 0 Å². The molecular weight excluding hydrogens is 396 g/mol. The number of carbonyl (C=O) groups is 1. The van der Waals surface area contributed by atoms with Crippen molar-refractivity contribution in [2.75, 3.05) is 11.5 Å². The summed E-state index contributed by atoms with van der Waals surface area (Å²) in [7, 11) is 0. The van der Waals surface area contributed by atoms with Crippen molar-refractivity contribution in [2.45, 2.75) is 26.9 Å². The first-order valence-electron chi connectivity index (χ1n) is 8.96. The van der Waals surface area contributed by atoms with Crippen LogP contribution in [0, 0.1) is 0 Å². The van der Waals surface area contributed by atoms with E-state index in [0.717, 1.165) is 0 Å². The molecule has 1 fully saturated rings. The Hall–Kier alpha value is -2.57. The molecule has 146 valence electrons. The van der Waals surface area contributed by atoms with Crippen molar-refractivity contribution in [1.29, 1.82) is 0 Å². The first-order valence-corrected chi connectivity index (χ1v) is 9.74. The number of para-hydroxylation sites is 1. The van der Waals surface area contributed by atoms with Crippen molar-refractivity contribution < 1.29 is 14.3 Å². The number of anilines is 1. The molecule has 1 heterocycles. The molecule has 1 aliphatic rings. The molecule has 1 saturated heterocycles. The number of carbonyl (C=O) groups excluding carboxylic acids is 1. The fraction of sp³-hybridized carbons (Fsp3) is 0.238. The third-order valence-corrected chi connectivity index (χ3v) is 4.53. The maximum absolute atomic E-state index is 12.9. The van der Waals surface area contributed by atoms with E-state index in [-0.39, 0.29) is 12.0 Å². The zero-order valence-electron chi connectivity index (χ0n) is 15.9. The number of amides is 1. The van der Waals surface area contributed by atoms with Crippen molar-refractivity contribution >= 4 is 46.6 Å². The van der Waals surface area contributed by atoms with Gasteiger partial charge in [-0.05, 0) is 62.8 Å². The lowest BCUT2D eigenvalue weighted by Gasteiger charge is -2.16. The van der Waals surface area contributed by atoms with Crippen LogP contribution < -0.4 is 19.7 Å². The van der Waals surface area contributed by atoms with Crippen molar-refractivity contribution in [3.05, 3.63) is 58.7 Å². The molecule has 1 aliphatic heterocycles. The van der Waals surface area contributed by atoms with Crippen LogP contribution >= 0.6 is 23.8 Å². The summed E-state index contributed by atoms with van der Waals surface area (Å²) in [4.78, 5) is 14.3. The van der Waals surface area contributed by atoms with Crippen LogP contribution in [0.2, 0.25) is 5.02 Å². The lowest BCUT2D eigenvalue weighted by Crippen LogP contribution is -2.30. The first-order chi connectivity index (χ1) is 13.4. The number of hydrogen-bond donors (Lipinski definition) is 1. The molecule has 0 radical (unpaired) electrons. The van der Waals surface area contributed by atoms with E-state index in [2.05, 4.69) is 5.32 Å². The van der Waals surface area contributed by atoms with Crippen LogP contribution in [0.3, 0.4) is 0 Å². The summed E-state index contributed by atoms with van der Waals surface area (Å²) in [6.07, 6.45) is 1.65. The van der Waals surface area contributed by atoms with E-state index in [1.807, 2.05) is 51.1 Å². The molecule has 0 atom stereocenters. The standard InChI is InChI=1S/C21H21ClN2O3S/c1-4-26-18-11-14(16(22)12-19(18)27-13(2)3)10-17-20(25)24(21(28)23-17)15-8-6-5-7-9-15/h5-13H,4H2,1-3H3,(H,23,28). The fourth-order valence-corrected chi connectivity index (χ4v) is 3.28. The average molecular weight is 417 g/mol. The number of benzene rings is 2. The minimum Gasteiger partial charge on any atom is -0.490 e. The smallest absolute Gasteiger partial charge is 0.281 e. The van der Waals surface area contributed by atoms with E-state index in [1.165, 1.54) is 4.90 Å². The van der Waals surface area contributed by atoms with Gasteiger partial charge in [-0.1, -0.05) is 29.8 Å². The van der Waals surface area contributed by atoms with Gasteiger partial charge in [-0.3, -0.25) is 9.69 Å². The lowest BCUT2D eigenvalue weighted by atomic mass is 10.1. The average Bonchev–Trinajstić information content (AvgIpc) is 2.92. The van der Waals surface area contributed by atoms with Gasteiger partial charge in [0.25, 0.3) is 5.91 Å². The molecule has 28 heavy (non-hydrogen) atoms. The SMILES string of the molecule is CCOc1cc(C=C2NC(=S)N(c3ccccc3)C2=O)c(Cl)cc1OC(C)C. The highest BCUT2D eigenvalue weighted by Gasteiger charge is 2.32. The van der Waals surface area contributed by atoms with E-state index in [1.54, 1.807) is 18.2 Å². The summed E-state index contributed by atoms with van der Waals surface area (Å²) in [5.74, 6) is 0.893. The number of rotatable bonds is 6. The Morgan fingerprint density at radius 1 is 1.21 bits per heavy atom. The molecule has 0 saturated carbocycles. The van der Waals surface area contributed by atoms with Crippen LogP contribution in [0.15, 0.2) is 48.2 Å². The van der Waals surface area contributed by atoms with E-state index in [0.29, 0.717) is 45.2 Å². The van der Waals surface area contributed by atoms with Gasteiger partial charge in [-0.25, -0.2) is 0 Å². The Morgan fingerprint density at radius 3 is 2.57 bits per heavy atom. The summed E-state index contributed by atoms with van der Waals surface area (Å²) in [6, 6.07) is 12.7. The molecule has 2 aromatic rings. The third kappa shape index (κ3) is 4.29. The van der Waals surface area contributed by atoms with E-state index < -0.39 is 0 Å². The van der Waals surface area contributed by atoms with Gasteiger partial charge >= 0.3 is 0 Å². The topological polar surface area (TPSA) is 50.8 Å². The predicted molar refractivity (Wildman–Crippen MR) is 116 cm³/mol. The summed E-state index contributed by atoms with van der Waals surface area (Å²) < 4.78 is 11.5. The maximum Gasteiger partial charge on any atom is 0.281 e. The molecule has 1 N–H and O–H groups in total. The van der Waals surface area contributed by atoms with Crippen LogP contribution in [0.25, 0.3) is 6.08 Å². The van der Waals surface area contributed by atoms with E-state index >= 15 is 0 Å². The molecule has 3 rings (SSSR count). The Kier molecular flexibility index (Phi) is 6.21. The zero-order chi connectivity index (χ0) is 20.3. The van der Waals surface area contributed by atoms with E-state index in [9.17, 15) is 4.79 Å². The van der Waals surface area contributed by atoms with Gasteiger partial charge in [0.2, 0.25) is 0 Å². The molecule has 2 aromatic carbocycles. The van der Waals surface area contributed by atoms with Crippen LogP contribution in [0.1, 0.15) is 26.3 Å². The number of hydrogen-bond acceptors (Lipinski definition) is 4. The minimum absolute atomic E-state index is 0.0191. The van der Waals surface area contributed by atoms with Crippen molar-refractivity contribution in [3.63, 3.8) is 0 Å². The summed E-state index contributed by atoms with van der Waals surface area (Å²) >= 11 is 11.8. The molecule has 0 bridgehead atoms. The normalized spacial score (nSPS) is 15.3. The Balaban J connectivity index is 1.96. The maximum atomic E-state index is 12.9. The van der Waals surface area contributed by atoms with Crippen LogP contribution in [-0.4, -0.2) is 23.7 Å². The van der Waals surface area contributed by atoms with Gasteiger partial charge in [0, 0.05) is 6.07 Å². The first kappa shape index (κ1) is 20.2. The van der Waals surface area contributed by atoms with Crippen LogP contribution in [0.5, 0.6) is 11.5 Å². The summed E-state index contributed by atoms with van der Waals surface area (Å²) in [6.45, 7) is 6.23. The number of ether oxygens (including phenoxy) is 2. The van der Waals surface area contributed by atoms with Crippen molar-refractivity contribution in [3.8, 4) is 11.5 Å². The molecular formula is C21H21ClN2O3S. The highest BCUT2D eigenvalue weighted by Crippen LogP contribution is 2.35. The molecule has 0 aliphatic carbocycles. The van der Waals surface area contributed by atoms with Crippen LogP contribution in [-0.2, 0) is 4.79 Å². The lowest BCUT2D eigenvalue weighted by molar-refractivity contribution is -0.113. The number of thiocarbonyl (C=S) groups is 1. The Labute approximate surface area is 174 Å². The monoisotopic (exact) mass is 416 g/mol. The second-order valence-corrected chi connectivity index (χ2v) is 7.18. The van der Waals surface area contributed by atoms with Crippen molar-refractivity contribution in [1.82, 2.24) is 5.32 Å². The fourth-order valence-electron chi connectivity index (χ4n) is 2.78. The number of halogens is 1. The Morgan fingerprint density at radius 2 is 1.93 bits per heavy atom. The van der Waals surface area contributed by atoms with Gasteiger partial charge in [0.05, 0.1) is 23.4 Å². The van der Waals surface area contributed by atoms with Gasteiger partial charge < -0.3 is 14.8 Å². The quantitative estimate of drug-likeness (QED) is 0.542. The van der Waals surface area contributed by atoms with E-state index in [4.69, 9.17) is 33.3 Å². The summed E-state index contributed by atoms with van der Waals surface area (Å²) in [5, 5.41) is 3.74. The van der Waals surface area contributed by atoms with Gasteiger partial charge in [0.1, 0.15) is 5.70 Å². The third-order valence-electron chi connectivity index (χ3n) is 3.92. The molecule has 5 nitrogen and oxygen atoms in total. The van der Waals surface area contributed by atoms with Gasteiger partial charge in [-0.2, -0.15) is 0 Å². The highest BCUT2D eigenvalue weighted by atomic mass is 35.5. The van der Waals surface area contributed by atoms with Crippen LogP contribution in [0.4, 0.5) is 5.69 Å². The number of nitrogens with one attached hydrogen (secondary N) is 1. The zero-order valence-corrected chi connectivity index (χ0v) is 17.4. The van der Waals surface area contributed by atoms with Gasteiger partial charge in [-0.15, -0.1) is 0 Å². The molecule has 0 spiro atoms. The molecule has 0 unspecified atom stereocenters. The molecule has 0 aromatic heterocycles. The van der Waals surface area contributed by atoms with Gasteiger partial charge in [0.15, 0.2) is 16.6 Å². The molecule has 7 heteroatoms. The Bertz CT molecular complexity index is 929. The second-order valence-electron chi connectivity index (χ2n) is 6.38. The predicted octanol–water partition coefficient (Wildman–Crippen LogP) is 4.79. The number of nitrogens with zero attached hydrogens (tertiary/aromatic N) is 1. The highest BCUT2D eigenvalue weighted by molar-refractivity contribution is 7.80. The summed E-state index contributed by atoms with van der Waals surface area (Å²) in [5.41, 5.74) is 1.68. The second kappa shape index (κ2) is 8.63. The minimum atomic E-state index is -0.243. The largest absolute Gasteiger partial charge is 0.490 e. The molecule has 1 amide bonds.